The predicted molar refractivity (Wildman–Crippen MR) is 91.3 cm³/mol. The number of hydrogen-bond acceptors (Lipinski definition) is 3. The number of nitrogens with zero attached hydrogens (tertiary/aromatic N) is 1. The number of rotatable bonds is 2. The molecule has 2 N–H and O–H groups in total. The highest BCUT2D eigenvalue weighted by Gasteiger charge is 2.55. The minimum absolute atomic E-state index is 0.0328. The van der Waals surface area contributed by atoms with Crippen molar-refractivity contribution in [1.82, 2.24) is 4.90 Å². The van der Waals surface area contributed by atoms with Gasteiger partial charge in [-0.15, -0.1) is 0 Å². The van der Waals surface area contributed by atoms with E-state index in [2.05, 4.69) is 0 Å². The molecule has 1 aliphatic heterocycles. The minimum atomic E-state index is -4.35. The Morgan fingerprint density at radius 3 is 2.15 bits per heavy atom. The Bertz CT molecular complexity index is 615. The van der Waals surface area contributed by atoms with Crippen LogP contribution in [0.4, 0.5) is 18.0 Å². The number of carbonyl (C=O) groups is 1. The first kappa shape index (κ1) is 19.0. The minimum Gasteiger partial charge on any atom is -0.445 e. The van der Waals surface area contributed by atoms with Gasteiger partial charge in [0, 0.05) is 13.1 Å². The van der Waals surface area contributed by atoms with E-state index in [4.69, 9.17) is 10.5 Å². The first-order valence-electron chi connectivity index (χ1n) is 9.04. The maximum atomic E-state index is 13.1. The first-order valence-corrected chi connectivity index (χ1v) is 9.04. The zero-order chi connectivity index (χ0) is 18.8. The van der Waals surface area contributed by atoms with Crippen LogP contribution in [-0.2, 0) is 11.3 Å². The van der Waals surface area contributed by atoms with Crippen molar-refractivity contribution in [1.29, 1.82) is 0 Å². The molecule has 0 atom stereocenters. The van der Waals surface area contributed by atoms with Crippen LogP contribution < -0.4 is 5.73 Å². The molecule has 3 rings (SSSR count). The van der Waals surface area contributed by atoms with Crippen LogP contribution >= 0.6 is 0 Å². The van der Waals surface area contributed by atoms with Crippen molar-refractivity contribution in [2.45, 2.75) is 56.8 Å². The molecule has 144 valence electrons. The molecule has 1 aromatic rings. The molecule has 1 aromatic carbocycles. The zero-order valence-corrected chi connectivity index (χ0v) is 14.7. The normalized spacial score (nSPS) is 22.2. The van der Waals surface area contributed by atoms with Crippen molar-refractivity contribution >= 4 is 6.09 Å². The van der Waals surface area contributed by atoms with E-state index in [0.29, 0.717) is 38.8 Å². The fourth-order valence-corrected chi connectivity index (χ4v) is 3.98. The van der Waals surface area contributed by atoms with Crippen LogP contribution in [-0.4, -0.2) is 35.8 Å². The van der Waals surface area contributed by atoms with Gasteiger partial charge in [-0.1, -0.05) is 30.3 Å². The SMILES string of the molecule is NC1(C(F)(F)F)CCC2(CCN(C(=O)OCc3ccccc3)CC2)CC1. The number of ether oxygens (including phenoxy) is 1. The van der Waals surface area contributed by atoms with E-state index >= 15 is 0 Å². The molecular formula is C19H25F3N2O2. The van der Waals surface area contributed by atoms with Gasteiger partial charge >= 0.3 is 12.3 Å². The van der Waals surface area contributed by atoms with E-state index in [1.807, 2.05) is 30.3 Å². The van der Waals surface area contributed by atoms with Gasteiger partial charge in [-0.05, 0) is 49.5 Å². The van der Waals surface area contributed by atoms with Crippen molar-refractivity contribution < 1.29 is 22.7 Å². The zero-order valence-electron chi connectivity index (χ0n) is 14.7. The molecule has 7 heteroatoms. The van der Waals surface area contributed by atoms with Crippen LogP contribution in [0.25, 0.3) is 0 Å². The fraction of sp³-hybridized carbons (Fsp3) is 0.632. The molecule has 0 aromatic heterocycles. The molecule has 0 radical (unpaired) electrons. The highest BCUT2D eigenvalue weighted by molar-refractivity contribution is 5.67. The van der Waals surface area contributed by atoms with Crippen LogP contribution in [0.1, 0.15) is 44.1 Å². The molecular weight excluding hydrogens is 345 g/mol. The van der Waals surface area contributed by atoms with E-state index in [0.717, 1.165) is 5.56 Å². The lowest BCUT2D eigenvalue weighted by atomic mass is 9.63. The van der Waals surface area contributed by atoms with Gasteiger partial charge in [-0.25, -0.2) is 4.79 Å². The second-order valence-electron chi connectivity index (χ2n) is 7.68. The van der Waals surface area contributed by atoms with Gasteiger partial charge in [-0.3, -0.25) is 0 Å². The number of likely N-dealkylation sites (tertiary alicyclic amines) is 1. The van der Waals surface area contributed by atoms with Gasteiger partial charge in [-0.2, -0.15) is 13.2 Å². The van der Waals surface area contributed by atoms with E-state index in [-0.39, 0.29) is 31.0 Å². The number of carbonyl (C=O) groups excluding carboxylic acids is 1. The number of piperidine rings is 1. The Labute approximate surface area is 151 Å². The van der Waals surface area contributed by atoms with Gasteiger partial charge in [0.2, 0.25) is 0 Å². The number of nitrogens with two attached hydrogens (primary N) is 1. The Hall–Kier alpha value is -1.76. The third-order valence-corrected chi connectivity index (χ3v) is 6.05. The topological polar surface area (TPSA) is 55.6 Å². The highest BCUT2D eigenvalue weighted by Crippen LogP contribution is 2.50. The van der Waals surface area contributed by atoms with E-state index in [9.17, 15) is 18.0 Å². The van der Waals surface area contributed by atoms with Crippen molar-refractivity contribution in [3.05, 3.63) is 35.9 Å². The van der Waals surface area contributed by atoms with Gasteiger partial charge in [0.15, 0.2) is 0 Å². The molecule has 0 bridgehead atoms. The summed E-state index contributed by atoms with van der Waals surface area (Å²) >= 11 is 0. The molecule has 1 amide bonds. The van der Waals surface area contributed by atoms with Gasteiger partial charge < -0.3 is 15.4 Å². The summed E-state index contributed by atoms with van der Waals surface area (Å²) in [7, 11) is 0. The quantitative estimate of drug-likeness (QED) is 0.847. The Morgan fingerprint density at radius 1 is 1.04 bits per heavy atom. The molecule has 1 heterocycles. The molecule has 1 saturated heterocycles. The number of benzene rings is 1. The molecule has 2 fully saturated rings. The molecule has 26 heavy (non-hydrogen) atoms. The van der Waals surface area contributed by atoms with Crippen LogP contribution in [0.2, 0.25) is 0 Å². The van der Waals surface area contributed by atoms with Gasteiger partial charge in [0.1, 0.15) is 12.1 Å². The Morgan fingerprint density at radius 2 is 1.62 bits per heavy atom. The third kappa shape index (κ3) is 3.98. The first-order chi connectivity index (χ1) is 12.2. The summed E-state index contributed by atoms with van der Waals surface area (Å²) in [6.45, 7) is 1.27. The highest BCUT2D eigenvalue weighted by atomic mass is 19.4. The van der Waals surface area contributed by atoms with E-state index in [1.165, 1.54) is 0 Å². The van der Waals surface area contributed by atoms with Gasteiger partial charge in [0.25, 0.3) is 0 Å². The molecule has 2 aliphatic rings. The van der Waals surface area contributed by atoms with E-state index in [1.54, 1.807) is 4.90 Å². The van der Waals surface area contributed by atoms with Crippen molar-refractivity contribution in [2.24, 2.45) is 11.1 Å². The second-order valence-corrected chi connectivity index (χ2v) is 7.68. The monoisotopic (exact) mass is 370 g/mol. The largest absolute Gasteiger partial charge is 0.445 e. The molecule has 0 unspecified atom stereocenters. The summed E-state index contributed by atoms with van der Waals surface area (Å²) in [6.07, 6.45) is -2.42. The summed E-state index contributed by atoms with van der Waals surface area (Å²) < 4.78 is 44.6. The van der Waals surface area contributed by atoms with Crippen LogP contribution in [0, 0.1) is 5.41 Å². The molecule has 1 saturated carbocycles. The number of hydrogen-bond donors (Lipinski definition) is 1. The fourth-order valence-electron chi connectivity index (χ4n) is 3.98. The summed E-state index contributed by atoms with van der Waals surface area (Å²) in [4.78, 5) is 13.9. The molecule has 1 aliphatic carbocycles. The summed E-state index contributed by atoms with van der Waals surface area (Å²) in [5.74, 6) is 0. The van der Waals surface area contributed by atoms with Crippen molar-refractivity contribution in [3.63, 3.8) is 0 Å². The summed E-state index contributed by atoms with van der Waals surface area (Å²) in [5.41, 5.74) is 4.34. The standard InChI is InChI=1S/C19H25F3N2O2/c20-19(21,22)18(23)8-6-17(7-9-18)10-12-24(13-11-17)16(25)26-14-15-4-2-1-3-5-15/h1-5H,6-14,23H2. The summed E-state index contributed by atoms with van der Waals surface area (Å²) in [5, 5.41) is 0. The van der Waals surface area contributed by atoms with Crippen LogP contribution in [0.5, 0.6) is 0 Å². The predicted octanol–water partition coefficient (Wildman–Crippen LogP) is 4.24. The summed E-state index contributed by atoms with van der Waals surface area (Å²) in [6, 6.07) is 9.44. The smallest absolute Gasteiger partial charge is 0.410 e. The maximum Gasteiger partial charge on any atom is 0.410 e. The van der Waals surface area contributed by atoms with Crippen molar-refractivity contribution in [3.8, 4) is 0 Å². The average molecular weight is 370 g/mol. The van der Waals surface area contributed by atoms with Crippen molar-refractivity contribution in [2.75, 3.05) is 13.1 Å². The number of halogens is 3. The van der Waals surface area contributed by atoms with Crippen LogP contribution in [0.3, 0.4) is 0 Å². The lowest BCUT2D eigenvalue weighted by molar-refractivity contribution is -0.201. The maximum absolute atomic E-state index is 13.1. The molecule has 1 spiro atoms. The Kier molecular flexibility index (Phi) is 5.19. The lowest BCUT2D eigenvalue weighted by Crippen LogP contribution is -2.58. The second kappa shape index (κ2) is 7.10. The van der Waals surface area contributed by atoms with Gasteiger partial charge in [0.05, 0.1) is 0 Å². The molecule has 4 nitrogen and oxygen atoms in total. The number of alkyl halides is 3. The van der Waals surface area contributed by atoms with E-state index < -0.39 is 11.7 Å². The van der Waals surface area contributed by atoms with Crippen LogP contribution in [0.15, 0.2) is 30.3 Å². The Balaban J connectivity index is 1.48. The lowest BCUT2D eigenvalue weighted by Gasteiger charge is -2.48. The number of amides is 1. The third-order valence-electron chi connectivity index (χ3n) is 6.05. The average Bonchev–Trinajstić information content (AvgIpc) is 2.63.